The van der Waals surface area contributed by atoms with Crippen molar-refractivity contribution in [1.29, 1.82) is 0 Å². The smallest absolute Gasteiger partial charge is 0.275 e. The normalized spacial score (nSPS) is 38.5. The van der Waals surface area contributed by atoms with Crippen molar-refractivity contribution in [2.24, 2.45) is 129 Å². The highest BCUT2D eigenvalue weighted by Crippen LogP contribution is 2.69. The molecule has 0 radical (unpaired) electrons. The Morgan fingerprint density at radius 3 is 0.843 bits per heavy atom. The quantitative estimate of drug-likeness (QED) is 0.0616. The van der Waals surface area contributed by atoms with Gasteiger partial charge in [-0.2, -0.15) is 0 Å². The number of hydrogen-bond donors (Lipinski definition) is 3. The van der Waals surface area contributed by atoms with Crippen LogP contribution in [0.25, 0.3) is 0 Å². The van der Waals surface area contributed by atoms with Gasteiger partial charge in [-0.15, -0.1) is 0 Å². The van der Waals surface area contributed by atoms with E-state index >= 15 is 0 Å². The van der Waals surface area contributed by atoms with Crippen LogP contribution >= 0.6 is 0 Å². The van der Waals surface area contributed by atoms with Crippen molar-refractivity contribution in [2.45, 2.75) is 294 Å². The molecule has 134 heavy (non-hydrogen) atoms. The van der Waals surface area contributed by atoms with E-state index in [2.05, 4.69) is 28.5 Å². The van der Waals surface area contributed by atoms with Crippen molar-refractivity contribution >= 4 is 69.6 Å². The average Bonchev–Trinajstić information content (AvgIpc) is 1.59. The van der Waals surface area contributed by atoms with Gasteiger partial charge in [0.25, 0.3) is 52.5 Å². The molecular weight excluding hydrogens is 1680 g/mol. The molecule has 24 bridgehead atoms. The SMILES string of the molecule is CC(N1Cc2c(N)cccc2C1=O)C12CC3CC(CC(C3)C1)C2.CC(N1Cc2c(cccc2[N+](=O)[O-])C1=O)C12CC3CC(CC(C3)C1)C2.Nc1cccc2c1CN(C13CC4CC(CC1C4)C3)C2=O.Nc1cccc2c1CN(C1C3CC4CC(C3)CC1C4)C2=O.O=C1c2cccc([N+](=O)[O-])c2CN1C12CC3CC(CC1C3)C2.O=C1c2cccc([N+](=O)[O-])c2CN1C1C2CC3CC(C2)CC1C3. The number of fused-ring (bicyclic) bond motifs is 6. The van der Waals surface area contributed by atoms with Gasteiger partial charge in [0, 0.05) is 124 Å². The van der Waals surface area contributed by atoms with E-state index in [1.54, 1.807) is 36.4 Å². The zero-order chi connectivity index (χ0) is 91.5. The lowest BCUT2D eigenvalue weighted by atomic mass is 9.47. The Morgan fingerprint density at radius 2 is 0.522 bits per heavy atom. The standard InChI is InChI=1S/C20H24N2O3.C20H26N2O.C18H20N2O3.C18H22N2O.C17H18N2O3.C17H20N2O/c1-12(20-8-13-5-14(9-20)7-15(6-13)10-20)21-11-17-16(19(21)23)3-2-4-18(17)22(24)25;1-12(20-8-13-5-14(9-20)7-15(6-13)10-20)22-11-17-16(19(22)23)3-2-4-18(17)21;21-18-14-2-1-3-16(20(22)23)15(14)9-19(18)17-12-5-10-4-11(7-12)8-13(17)6-10;19-16-3-1-2-14-15(16)9-20(18(14)21)17-12-5-10-4-11(7-12)8-13(17)6-10;20-16-13-2-1-3-15(19(21)22)14(13)9-18(16)17-7-10-4-11(8-17)6-12(17)5-10;18-15-3-1-2-13-14(15)9-19(16(13)20)17-7-10-4-11(8-17)6-12(17)5-10/h2-4,12-15H,5-11H2,1H3;2-4,12-15H,5-11,21H2,1H3;1-3,10-13,17H,4-9H2;1-3,10-13,17H,4-9,19H2;1-3,10-12H,4-9H2;1-3,10-12H,4-9,18H2. The number of nitrogen functional groups attached to an aromatic ring is 3. The van der Waals surface area contributed by atoms with Crippen LogP contribution < -0.4 is 17.2 Å². The molecule has 6 atom stereocenters. The van der Waals surface area contributed by atoms with Crippen LogP contribution in [0.5, 0.6) is 0 Å². The van der Waals surface area contributed by atoms with E-state index in [0.29, 0.717) is 101 Å². The number of hydrogen-bond acceptors (Lipinski definition) is 15. The van der Waals surface area contributed by atoms with Crippen molar-refractivity contribution < 1.29 is 43.5 Å². The van der Waals surface area contributed by atoms with Crippen molar-refractivity contribution in [2.75, 3.05) is 17.2 Å². The molecule has 24 aliphatic carbocycles. The highest BCUT2D eigenvalue weighted by molar-refractivity contribution is 6.04. The van der Waals surface area contributed by atoms with Crippen molar-refractivity contribution in [3.8, 4) is 0 Å². The summed E-state index contributed by atoms with van der Waals surface area (Å²) in [7, 11) is 0. The predicted molar refractivity (Wildman–Crippen MR) is 505 cm³/mol. The van der Waals surface area contributed by atoms with Gasteiger partial charge >= 0.3 is 0 Å². The Labute approximate surface area is 784 Å². The van der Waals surface area contributed by atoms with Gasteiger partial charge < -0.3 is 46.6 Å². The fourth-order valence-electron chi connectivity index (χ4n) is 37.7. The number of anilines is 3. The lowest BCUT2D eigenvalue weighted by Crippen LogP contribution is -2.56. The second kappa shape index (κ2) is 31.4. The molecule has 24 nitrogen and oxygen atoms in total. The van der Waals surface area contributed by atoms with Gasteiger partial charge in [0.05, 0.1) is 67.8 Å². The van der Waals surface area contributed by atoms with E-state index in [0.717, 1.165) is 177 Å². The highest BCUT2D eigenvalue weighted by atomic mass is 16.6. The molecule has 6 heterocycles. The Morgan fingerprint density at radius 1 is 0.284 bits per heavy atom. The summed E-state index contributed by atoms with van der Waals surface area (Å²) < 4.78 is 0. The Balaban J connectivity index is 0.0000000861. The molecule has 24 fully saturated rings. The van der Waals surface area contributed by atoms with Crippen LogP contribution in [-0.2, 0) is 39.3 Å². The fraction of sp³-hybridized carbons (Fsp3) is 0.618. The molecule has 6 N–H and O–H groups in total. The minimum Gasteiger partial charge on any atom is -0.398 e. The topological polar surface area (TPSA) is 329 Å². The Kier molecular flexibility index (Phi) is 20.0. The van der Waals surface area contributed by atoms with Crippen LogP contribution in [0.2, 0.25) is 0 Å². The maximum absolute atomic E-state index is 13.0. The summed E-state index contributed by atoms with van der Waals surface area (Å²) in [6, 6.07) is 33.3. The Hall–Kier alpha value is -10.3. The maximum atomic E-state index is 13.0. The third-order valence-electron chi connectivity index (χ3n) is 41.5. The summed E-state index contributed by atoms with van der Waals surface area (Å²) in [6.45, 7) is 7.97. The van der Waals surface area contributed by atoms with E-state index in [1.807, 2.05) is 69.3 Å². The summed E-state index contributed by atoms with van der Waals surface area (Å²) >= 11 is 0. The largest absolute Gasteiger partial charge is 0.398 e. The Bertz CT molecular complexity index is 5810. The van der Waals surface area contributed by atoms with Crippen LogP contribution in [0.15, 0.2) is 109 Å². The van der Waals surface area contributed by atoms with Gasteiger partial charge in [-0.1, -0.05) is 36.4 Å². The molecule has 6 amide bonds. The number of carbonyl (C=O) groups is 6. The zero-order valence-electron chi connectivity index (χ0n) is 77.8. The molecule has 24 saturated carbocycles. The number of carbonyl (C=O) groups excluding carboxylic acids is 6. The number of nitrogens with two attached hydrogens (primary N) is 3. The molecule has 30 aliphatic rings. The van der Waals surface area contributed by atoms with E-state index in [1.165, 1.54) is 211 Å². The molecule has 6 unspecified atom stereocenters. The molecule has 6 aliphatic heterocycles. The monoisotopic (exact) mass is 1810 g/mol. The molecule has 6 aromatic carbocycles. The number of nitro groups is 3. The molecule has 36 rings (SSSR count). The van der Waals surface area contributed by atoms with E-state index in [-0.39, 0.29) is 89.8 Å². The summed E-state index contributed by atoms with van der Waals surface area (Å²) in [5.74, 6) is 17.0. The first-order chi connectivity index (χ1) is 64.6. The fourth-order valence-corrected chi connectivity index (χ4v) is 37.7. The molecule has 0 spiro atoms. The first-order valence-electron chi connectivity index (χ1n) is 51.9. The third kappa shape index (κ3) is 13.4. The predicted octanol–water partition coefficient (Wildman–Crippen LogP) is 20.3. The summed E-state index contributed by atoms with van der Waals surface area (Å²) in [5, 5.41) is 33.9. The summed E-state index contributed by atoms with van der Waals surface area (Å²) in [6.07, 6.45) is 42.2. The van der Waals surface area contributed by atoms with Gasteiger partial charge in [-0.05, 0) is 403 Å². The van der Waals surface area contributed by atoms with Crippen LogP contribution in [-0.4, -0.2) is 115 Å². The zero-order valence-corrected chi connectivity index (χ0v) is 77.8. The molecule has 0 aromatic heterocycles. The van der Waals surface area contributed by atoms with Crippen molar-refractivity contribution in [1.82, 2.24) is 29.4 Å². The second-order valence-electron chi connectivity index (χ2n) is 48.4. The number of nitrogens with zero attached hydrogens (tertiary/aromatic N) is 9. The number of nitro benzene ring substituents is 3. The average molecular weight is 1810 g/mol. The maximum Gasteiger partial charge on any atom is 0.275 e. The second-order valence-corrected chi connectivity index (χ2v) is 48.4. The number of rotatable bonds is 11. The summed E-state index contributed by atoms with van der Waals surface area (Å²) in [4.78, 5) is 123. The number of amides is 6. The molecule has 702 valence electrons. The first-order valence-corrected chi connectivity index (χ1v) is 51.9. The van der Waals surface area contributed by atoms with Gasteiger partial charge in [-0.3, -0.25) is 59.1 Å². The van der Waals surface area contributed by atoms with Crippen LogP contribution in [0.3, 0.4) is 0 Å². The van der Waals surface area contributed by atoms with Crippen molar-refractivity contribution in [3.63, 3.8) is 0 Å². The minimum atomic E-state index is -0.356. The van der Waals surface area contributed by atoms with Gasteiger partial charge in [0.15, 0.2) is 0 Å². The molecular formula is C110H130N12O12. The number of benzene rings is 6. The third-order valence-corrected chi connectivity index (χ3v) is 41.5. The van der Waals surface area contributed by atoms with Gasteiger partial charge in [-0.25, -0.2) is 0 Å². The van der Waals surface area contributed by atoms with E-state index in [4.69, 9.17) is 17.2 Å². The lowest BCUT2D eigenvalue weighted by molar-refractivity contribution is -0.385. The van der Waals surface area contributed by atoms with E-state index in [9.17, 15) is 59.1 Å². The van der Waals surface area contributed by atoms with Crippen LogP contribution in [0.4, 0.5) is 34.1 Å². The van der Waals surface area contributed by atoms with Crippen molar-refractivity contribution in [3.05, 3.63) is 206 Å². The van der Waals surface area contributed by atoms with Gasteiger partial charge in [0.2, 0.25) is 0 Å². The van der Waals surface area contributed by atoms with Crippen LogP contribution in [0, 0.1) is 160 Å². The first kappa shape index (κ1) is 85.4. The summed E-state index contributed by atoms with van der Waals surface area (Å²) in [5.41, 5.74) is 30.9. The molecule has 0 saturated heterocycles. The van der Waals surface area contributed by atoms with E-state index < -0.39 is 0 Å². The minimum absolute atomic E-state index is 0.00243. The molecule has 6 aromatic rings. The lowest BCUT2D eigenvalue weighted by Gasteiger charge is -2.60. The van der Waals surface area contributed by atoms with Gasteiger partial charge in [0.1, 0.15) is 0 Å². The van der Waals surface area contributed by atoms with Crippen LogP contribution in [0.1, 0.15) is 315 Å². The highest BCUT2D eigenvalue weighted by Gasteiger charge is 2.66. The molecule has 24 heteroatoms.